The Labute approximate surface area is 257 Å². The highest BCUT2D eigenvalue weighted by atomic mass is 16.7. The Morgan fingerprint density at radius 3 is 2.39 bits per heavy atom. The Bertz CT molecular complexity index is 1230. The molecule has 244 valence electrons. The molecule has 11 nitrogen and oxygen atoms in total. The standard InChI is InChI=1S/C33H46O11/c1-18-29(43-20(3)36)26(42-19(2)35)14-28(41-18)44-22-5-10-31(17-34)24-6-9-30(4)23(21-13-27(37)40-16-21)8-12-33(30,39)25(24)7-11-32(31,38)15-22/h13,17-18,22-26,28-29,38-39H,5-12,14-16H2,1-4H3/t18-,22+,23-,24+,25-,26-,28+,29+,30-,31+,32+,33+/m1/s1. The molecule has 0 aromatic carbocycles. The maximum absolute atomic E-state index is 13.1. The largest absolute Gasteiger partial charge is 0.458 e. The van der Waals surface area contributed by atoms with E-state index in [1.807, 2.05) is 0 Å². The average Bonchev–Trinajstić information content (AvgIpc) is 3.49. The van der Waals surface area contributed by atoms with Crippen LogP contribution in [-0.4, -0.2) is 82.9 Å². The van der Waals surface area contributed by atoms with E-state index >= 15 is 0 Å². The Morgan fingerprint density at radius 1 is 1.00 bits per heavy atom. The van der Waals surface area contributed by atoms with Crippen LogP contribution < -0.4 is 0 Å². The predicted molar refractivity (Wildman–Crippen MR) is 153 cm³/mol. The topological polar surface area (TPSA) is 155 Å². The number of carbonyl (C=O) groups is 4. The number of aldehydes is 1. The van der Waals surface area contributed by atoms with E-state index in [-0.39, 0.29) is 43.2 Å². The first kappa shape index (κ1) is 31.6. The maximum Gasteiger partial charge on any atom is 0.331 e. The molecule has 0 aromatic rings. The van der Waals surface area contributed by atoms with Crippen LogP contribution in [0.4, 0.5) is 0 Å². The van der Waals surface area contributed by atoms with Gasteiger partial charge < -0.3 is 38.7 Å². The maximum atomic E-state index is 13.1. The second kappa shape index (κ2) is 11.2. The van der Waals surface area contributed by atoms with E-state index in [9.17, 15) is 29.4 Å². The number of carbonyl (C=O) groups excluding carboxylic acids is 4. The molecule has 2 aliphatic heterocycles. The molecule has 0 bridgehead atoms. The van der Waals surface area contributed by atoms with E-state index in [0.717, 1.165) is 18.3 Å². The Balaban J connectivity index is 1.18. The molecule has 4 saturated carbocycles. The lowest BCUT2D eigenvalue weighted by Gasteiger charge is -2.65. The molecular weight excluding hydrogens is 572 g/mol. The van der Waals surface area contributed by atoms with Crippen molar-refractivity contribution in [2.24, 2.45) is 28.6 Å². The van der Waals surface area contributed by atoms with Crippen molar-refractivity contribution in [2.75, 3.05) is 6.61 Å². The van der Waals surface area contributed by atoms with Crippen LogP contribution in [0.3, 0.4) is 0 Å². The monoisotopic (exact) mass is 618 g/mol. The highest BCUT2D eigenvalue weighted by molar-refractivity contribution is 5.85. The Morgan fingerprint density at radius 2 is 1.73 bits per heavy atom. The fourth-order valence-electron chi connectivity index (χ4n) is 10.4. The predicted octanol–water partition coefficient (Wildman–Crippen LogP) is 2.92. The number of esters is 3. The molecular formula is C33H46O11. The summed E-state index contributed by atoms with van der Waals surface area (Å²) in [7, 11) is 0. The summed E-state index contributed by atoms with van der Waals surface area (Å²) in [6.07, 6.45) is 4.39. The number of rotatable bonds is 6. The number of hydrogen-bond acceptors (Lipinski definition) is 11. The third-order valence-electron chi connectivity index (χ3n) is 12.4. The first-order valence-corrected chi connectivity index (χ1v) is 16.2. The zero-order chi connectivity index (χ0) is 31.7. The quantitative estimate of drug-likeness (QED) is 0.195. The van der Waals surface area contributed by atoms with E-state index in [1.54, 1.807) is 13.0 Å². The van der Waals surface area contributed by atoms with Gasteiger partial charge in [0.15, 0.2) is 12.4 Å². The van der Waals surface area contributed by atoms with Crippen molar-refractivity contribution in [1.29, 1.82) is 0 Å². The van der Waals surface area contributed by atoms with Gasteiger partial charge in [0.25, 0.3) is 0 Å². The summed E-state index contributed by atoms with van der Waals surface area (Å²) in [5.74, 6) is -1.59. The molecule has 0 amide bonds. The van der Waals surface area contributed by atoms with Crippen LogP contribution >= 0.6 is 0 Å². The van der Waals surface area contributed by atoms with Gasteiger partial charge in [0, 0.05) is 38.2 Å². The second-order valence-corrected chi connectivity index (χ2v) is 14.5. The molecule has 6 rings (SSSR count). The summed E-state index contributed by atoms with van der Waals surface area (Å²) in [6.45, 7) is 6.72. The van der Waals surface area contributed by atoms with Gasteiger partial charge in [0.1, 0.15) is 19.0 Å². The van der Waals surface area contributed by atoms with Gasteiger partial charge in [-0.25, -0.2) is 4.79 Å². The van der Waals surface area contributed by atoms with E-state index in [1.165, 1.54) is 13.8 Å². The summed E-state index contributed by atoms with van der Waals surface area (Å²) in [5.41, 5.74) is -2.79. The minimum Gasteiger partial charge on any atom is -0.458 e. The van der Waals surface area contributed by atoms with Gasteiger partial charge in [-0.15, -0.1) is 0 Å². The first-order valence-electron chi connectivity index (χ1n) is 16.2. The van der Waals surface area contributed by atoms with Gasteiger partial charge in [-0.05, 0) is 81.6 Å². The molecule has 2 heterocycles. The van der Waals surface area contributed by atoms with Crippen molar-refractivity contribution in [1.82, 2.24) is 0 Å². The summed E-state index contributed by atoms with van der Waals surface area (Å²) in [4.78, 5) is 48.4. The van der Waals surface area contributed by atoms with Crippen molar-refractivity contribution in [2.45, 2.75) is 134 Å². The number of fused-ring (bicyclic) bond motifs is 5. The van der Waals surface area contributed by atoms with E-state index in [0.29, 0.717) is 44.9 Å². The fraction of sp³-hybridized carbons (Fsp3) is 0.818. The summed E-state index contributed by atoms with van der Waals surface area (Å²) in [6, 6.07) is 0. The van der Waals surface area contributed by atoms with Crippen molar-refractivity contribution in [3.8, 4) is 0 Å². The number of ether oxygens (including phenoxy) is 5. The molecule has 11 heteroatoms. The number of cyclic esters (lactones) is 1. The van der Waals surface area contributed by atoms with Crippen LogP contribution in [0.15, 0.2) is 11.6 Å². The van der Waals surface area contributed by atoms with Crippen LogP contribution in [-0.2, 0) is 42.9 Å². The smallest absolute Gasteiger partial charge is 0.331 e. The van der Waals surface area contributed by atoms with Crippen molar-refractivity contribution >= 4 is 24.2 Å². The first-order chi connectivity index (χ1) is 20.7. The number of aliphatic hydroxyl groups is 2. The van der Waals surface area contributed by atoms with Gasteiger partial charge in [0.2, 0.25) is 0 Å². The molecule has 0 aromatic heterocycles. The minimum atomic E-state index is -1.30. The van der Waals surface area contributed by atoms with Gasteiger partial charge in [0.05, 0.1) is 28.8 Å². The number of hydrogen-bond donors (Lipinski definition) is 2. The molecule has 0 spiro atoms. The third kappa shape index (κ3) is 4.84. The molecule has 1 saturated heterocycles. The fourth-order valence-corrected chi connectivity index (χ4v) is 10.4. The summed E-state index contributed by atoms with van der Waals surface area (Å²) >= 11 is 0. The minimum absolute atomic E-state index is 0.0474. The molecule has 2 N–H and O–H groups in total. The van der Waals surface area contributed by atoms with Crippen LogP contribution in [0.25, 0.3) is 0 Å². The lowest BCUT2D eigenvalue weighted by atomic mass is 9.41. The molecule has 5 fully saturated rings. The third-order valence-corrected chi connectivity index (χ3v) is 12.4. The van der Waals surface area contributed by atoms with E-state index in [2.05, 4.69) is 6.92 Å². The normalized spacial score (nSPS) is 48.2. The van der Waals surface area contributed by atoms with E-state index in [4.69, 9.17) is 23.7 Å². The Kier molecular flexibility index (Phi) is 8.03. The summed E-state index contributed by atoms with van der Waals surface area (Å²) < 4.78 is 28.5. The van der Waals surface area contributed by atoms with Crippen LogP contribution in [0.1, 0.15) is 91.9 Å². The average molecular weight is 619 g/mol. The molecule has 12 atom stereocenters. The Hall–Kier alpha value is -2.34. The van der Waals surface area contributed by atoms with Gasteiger partial charge in [-0.2, -0.15) is 0 Å². The zero-order valence-corrected chi connectivity index (χ0v) is 26.1. The van der Waals surface area contributed by atoms with Gasteiger partial charge >= 0.3 is 17.9 Å². The lowest BCUT2D eigenvalue weighted by molar-refractivity contribution is -0.288. The molecule has 0 radical (unpaired) electrons. The molecule has 0 unspecified atom stereocenters. The molecule has 4 aliphatic carbocycles. The van der Waals surface area contributed by atoms with Crippen molar-refractivity contribution in [3.05, 3.63) is 11.6 Å². The van der Waals surface area contributed by atoms with Crippen LogP contribution in [0.5, 0.6) is 0 Å². The SMILES string of the molecule is CC(=O)O[C@H]1[C@@H](C)O[C@@H](O[C@H]2CC[C@]3(C=O)[C@H]4CC[C@]5(C)[C@@H](C6=CC(=O)OC6)CC[C@]5(O)[C@@H]4CC[C@]3(O)C2)C[C@H]1OC(C)=O. The van der Waals surface area contributed by atoms with Gasteiger partial charge in [-0.1, -0.05) is 6.92 Å². The highest BCUT2D eigenvalue weighted by Gasteiger charge is 2.71. The van der Waals surface area contributed by atoms with Crippen LogP contribution in [0, 0.1) is 28.6 Å². The summed E-state index contributed by atoms with van der Waals surface area (Å²) in [5, 5.41) is 24.7. The van der Waals surface area contributed by atoms with E-state index < -0.39 is 64.7 Å². The van der Waals surface area contributed by atoms with Crippen molar-refractivity contribution < 1.29 is 53.1 Å². The van der Waals surface area contributed by atoms with Crippen molar-refractivity contribution in [3.63, 3.8) is 0 Å². The van der Waals surface area contributed by atoms with Crippen LogP contribution in [0.2, 0.25) is 0 Å². The molecule has 6 aliphatic rings. The molecule has 44 heavy (non-hydrogen) atoms. The highest BCUT2D eigenvalue weighted by Crippen LogP contribution is 2.70. The zero-order valence-electron chi connectivity index (χ0n) is 26.1. The van der Waals surface area contributed by atoms with Gasteiger partial charge in [-0.3, -0.25) is 9.59 Å². The second-order valence-electron chi connectivity index (χ2n) is 14.5. The lowest BCUT2D eigenvalue weighted by Crippen LogP contribution is -2.69.